The van der Waals surface area contributed by atoms with Gasteiger partial charge >= 0.3 is 0 Å². The molecule has 1 aromatic rings. The van der Waals surface area contributed by atoms with Crippen LogP contribution in [0.1, 0.15) is 41.8 Å². The number of nitrogens with two attached hydrogens (primary N) is 1. The first-order valence-electron chi connectivity index (χ1n) is 7.61. The van der Waals surface area contributed by atoms with Crippen molar-refractivity contribution in [2.45, 2.75) is 38.1 Å². The van der Waals surface area contributed by atoms with E-state index in [2.05, 4.69) is 15.6 Å². The number of aromatic nitrogens is 1. The Balaban J connectivity index is 1.48. The zero-order chi connectivity index (χ0) is 14.7. The molecule has 1 atom stereocenters. The lowest BCUT2D eigenvalue weighted by atomic mass is 9.93. The molecular formula is C14H22N4O2S. The van der Waals surface area contributed by atoms with E-state index < -0.39 is 0 Å². The number of carbonyl (C=O) groups is 1. The molecule has 1 aliphatic heterocycles. The molecule has 2 heterocycles. The number of anilines is 2. The van der Waals surface area contributed by atoms with Gasteiger partial charge in [0.15, 0.2) is 5.13 Å². The average Bonchev–Trinajstić information content (AvgIpc) is 3.03. The number of nitrogens with zero attached hydrogens (tertiary/aromatic N) is 1. The lowest BCUT2D eigenvalue weighted by Gasteiger charge is -2.25. The van der Waals surface area contributed by atoms with Gasteiger partial charge in [0.2, 0.25) is 0 Å². The molecule has 1 saturated heterocycles. The summed E-state index contributed by atoms with van der Waals surface area (Å²) in [5, 5.41) is 7.01. The third-order valence-corrected chi connectivity index (χ3v) is 5.16. The van der Waals surface area contributed by atoms with Crippen molar-refractivity contribution in [1.29, 1.82) is 0 Å². The molecule has 21 heavy (non-hydrogen) atoms. The first-order valence-corrected chi connectivity index (χ1v) is 8.43. The van der Waals surface area contributed by atoms with Gasteiger partial charge < -0.3 is 21.1 Å². The molecule has 1 aromatic heterocycles. The van der Waals surface area contributed by atoms with E-state index >= 15 is 0 Å². The molecule has 2 aliphatic rings. The molecule has 0 radical (unpaired) electrons. The number of hydrogen-bond donors (Lipinski definition) is 3. The van der Waals surface area contributed by atoms with Crippen LogP contribution in [0.2, 0.25) is 0 Å². The Morgan fingerprint density at radius 2 is 2.29 bits per heavy atom. The molecule has 3 rings (SSSR count). The van der Waals surface area contributed by atoms with Crippen molar-refractivity contribution in [2.24, 2.45) is 5.92 Å². The van der Waals surface area contributed by atoms with E-state index in [9.17, 15) is 4.79 Å². The Morgan fingerprint density at radius 3 is 2.95 bits per heavy atom. The first-order chi connectivity index (χ1) is 10.2. The van der Waals surface area contributed by atoms with Gasteiger partial charge in [-0.15, -0.1) is 0 Å². The van der Waals surface area contributed by atoms with Crippen molar-refractivity contribution in [1.82, 2.24) is 10.3 Å². The van der Waals surface area contributed by atoms with Gasteiger partial charge in [-0.25, -0.2) is 4.98 Å². The predicted molar refractivity (Wildman–Crippen MR) is 83.7 cm³/mol. The summed E-state index contributed by atoms with van der Waals surface area (Å²) in [7, 11) is 0. The molecule has 1 aliphatic carbocycles. The molecule has 1 amide bonds. The fourth-order valence-electron chi connectivity index (χ4n) is 2.56. The maximum atomic E-state index is 12.1. The molecule has 2 fully saturated rings. The second-order valence-corrected chi connectivity index (χ2v) is 6.78. The minimum atomic E-state index is -0.120. The van der Waals surface area contributed by atoms with Gasteiger partial charge in [0.1, 0.15) is 10.7 Å². The Hall–Kier alpha value is -1.34. The van der Waals surface area contributed by atoms with Crippen LogP contribution >= 0.6 is 11.3 Å². The van der Waals surface area contributed by atoms with E-state index in [-0.39, 0.29) is 5.91 Å². The normalized spacial score (nSPS) is 22.0. The summed E-state index contributed by atoms with van der Waals surface area (Å²) >= 11 is 1.34. The molecule has 1 unspecified atom stereocenters. The summed E-state index contributed by atoms with van der Waals surface area (Å²) in [6.07, 6.45) is 5.65. The van der Waals surface area contributed by atoms with Gasteiger partial charge in [-0.3, -0.25) is 4.79 Å². The van der Waals surface area contributed by atoms with Gasteiger partial charge in [-0.2, -0.15) is 0 Å². The third-order valence-electron chi connectivity index (χ3n) is 4.15. The number of amides is 1. The standard InChI is InChI=1S/C14H22N4O2S/c15-12-11(21-14(18-12)17-10-2-1-3-10)13(19)16-6-4-9-5-7-20-8-9/h9-10H,1-8,15H2,(H,16,19)(H,17,18). The van der Waals surface area contributed by atoms with Crippen LogP contribution in [0.25, 0.3) is 0 Å². The van der Waals surface area contributed by atoms with Crippen molar-refractivity contribution in [3.8, 4) is 0 Å². The topological polar surface area (TPSA) is 89.3 Å². The Morgan fingerprint density at radius 1 is 1.43 bits per heavy atom. The highest BCUT2D eigenvalue weighted by molar-refractivity contribution is 7.18. The Bertz CT molecular complexity index is 495. The molecule has 0 bridgehead atoms. The molecular weight excluding hydrogens is 288 g/mol. The highest BCUT2D eigenvalue weighted by Crippen LogP contribution is 2.29. The van der Waals surface area contributed by atoms with Crippen molar-refractivity contribution >= 4 is 28.2 Å². The van der Waals surface area contributed by atoms with Crippen molar-refractivity contribution in [2.75, 3.05) is 30.8 Å². The van der Waals surface area contributed by atoms with E-state index in [0.29, 0.717) is 29.2 Å². The largest absolute Gasteiger partial charge is 0.382 e. The van der Waals surface area contributed by atoms with Crippen LogP contribution in [0.5, 0.6) is 0 Å². The molecule has 1 saturated carbocycles. The highest BCUT2D eigenvalue weighted by atomic mass is 32.1. The Kier molecular flexibility index (Phi) is 4.60. The van der Waals surface area contributed by atoms with Crippen LogP contribution in [0, 0.1) is 5.92 Å². The summed E-state index contributed by atoms with van der Waals surface area (Å²) in [5.74, 6) is 0.772. The number of carbonyl (C=O) groups excluding carboxylic acids is 1. The quantitative estimate of drug-likeness (QED) is 0.746. The molecule has 0 aromatic carbocycles. The zero-order valence-corrected chi connectivity index (χ0v) is 12.9. The summed E-state index contributed by atoms with van der Waals surface area (Å²) in [5.41, 5.74) is 5.85. The van der Waals surface area contributed by atoms with Crippen molar-refractivity contribution < 1.29 is 9.53 Å². The van der Waals surface area contributed by atoms with E-state index in [1.54, 1.807) is 0 Å². The maximum Gasteiger partial charge on any atom is 0.265 e. The van der Waals surface area contributed by atoms with E-state index in [4.69, 9.17) is 10.5 Å². The maximum absolute atomic E-state index is 12.1. The lowest BCUT2D eigenvalue weighted by Crippen LogP contribution is -2.26. The fourth-order valence-corrected chi connectivity index (χ4v) is 3.44. The predicted octanol–water partition coefficient (Wildman–Crippen LogP) is 1.85. The summed E-state index contributed by atoms with van der Waals surface area (Å²) in [6, 6.07) is 0.494. The van der Waals surface area contributed by atoms with Crippen LogP contribution in [0.15, 0.2) is 0 Å². The van der Waals surface area contributed by atoms with Gasteiger partial charge in [0.05, 0.1) is 0 Å². The third kappa shape index (κ3) is 3.65. The monoisotopic (exact) mass is 310 g/mol. The smallest absolute Gasteiger partial charge is 0.265 e. The van der Waals surface area contributed by atoms with E-state index in [1.807, 2.05) is 0 Å². The molecule has 0 spiro atoms. The van der Waals surface area contributed by atoms with Gasteiger partial charge in [0.25, 0.3) is 5.91 Å². The van der Waals surface area contributed by atoms with Crippen LogP contribution in [0.3, 0.4) is 0 Å². The second kappa shape index (κ2) is 6.62. The van der Waals surface area contributed by atoms with Gasteiger partial charge in [0, 0.05) is 25.8 Å². The summed E-state index contributed by atoms with van der Waals surface area (Å²) < 4.78 is 5.33. The molecule has 116 valence electrons. The minimum Gasteiger partial charge on any atom is -0.382 e. The lowest BCUT2D eigenvalue weighted by molar-refractivity contribution is 0.0955. The minimum absolute atomic E-state index is 0.120. The van der Waals surface area contributed by atoms with Crippen molar-refractivity contribution in [3.63, 3.8) is 0 Å². The Labute approximate surface area is 128 Å². The average molecular weight is 310 g/mol. The molecule has 4 N–H and O–H groups in total. The summed E-state index contributed by atoms with van der Waals surface area (Å²) in [4.78, 5) is 16.9. The number of ether oxygens (including phenoxy) is 1. The first kappa shape index (κ1) is 14.6. The SMILES string of the molecule is Nc1nc(NC2CCC2)sc1C(=O)NCCC1CCOC1. The van der Waals surface area contributed by atoms with Crippen LogP contribution in [-0.4, -0.2) is 36.7 Å². The van der Waals surface area contributed by atoms with Crippen LogP contribution < -0.4 is 16.4 Å². The number of nitrogen functional groups attached to an aromatic ring is 1. The van der Waals surface area contributed by atoms with Crippen LogP contribution in [-0.2, 0) is 4.74 Å². The van der Waals surface area contributed by atoms with Gasteiger partial charge in [-0.05, 0) is 38.0 Å². The van der Waals surface area contributed by atoms with Crippen LogP contribution in [0.4, 0.5) is 10.9 Å². The fraction of sp³-hybridized carbons (Fsp3) is 0.714. The second-order valence-electron chi connectivity index (χ2n) is 5.78. The van der Waals surface area contributed by atoms with E-state index in [1.165, 1.54) is 30.6 Å². The van der Waals surface area contributed by atoms with E-state index in [0.717, 1.165) is 31.2 Å². The number of nitrogens with one attached hydrogen (secondary N) is 2. The zero-order valence-electron chi connectivity index (χ0n) is 12.1. The van der Waals surface area contributed by atoms with Gasteiger partial charge in [-0.1, -0.05) is 11.3 Å². The van der Waals surface area contributed by atoms with Crippen molar-refractivity contribution in [3.05, 3.63) is 4.88 Å². The number of thiazole rings is 1. The number of rotatable bonds is 6. The molecule has 7 heteroatoms. The summed E-state index contributed by atoms with van der Waals surface area (Å²) in [6.45, 7) is 2.32. The highest BCUT2D eigenvalue weighted by Gasteiger charge is 2.22. The molecule has 6 nitrogen and oxygen atoms in total. The number of hydrogen-bond acceptors (Lipinski definition) is 6.